The minimum atomic E-state index is -3.76. The van der Waals surface area contributed by atoms with Crippen molar-refractivity contribution < 1.29 is 13.2 Å². The van der Waals surface area contributed by atoms with Crippen LogP contribution in [0.1, 0.15) is 0 Å². The normalized spacial score (nSPS) is 11.0. The third kappa shape index (κ3) is 3.54. The number of hydrogen-bond donors (Lipinski definition) is 3. The summed E-state index contributed by atoms with van der Waals surface area (Å²) >= 11 is 5.95. The van der Waals surface area contributed by atoms with Crippen molar-refractivity contribution in [3.63, 3.8) is 0 Å². The lowest BCUT2D eigenvalue weighted by Crippen LogP contribution is -2.14. The van der Waals surface area contributed by atoms with Crippen LogP contribution >= 0.6 is 11.6 Å². The van der Waals surface area contributed by atoms with E-state index in [1.165, 1.54) is 31.5 Å². The number of methoxy groups -OCH3 is 1. The van der Waals surface area contributed by atoms with Crippen molar-refractivity contribution in [1.29, 1.82) is 0 Å². The first-order valence-corrected chi connectivity index (χ1v) is 7.61. The number of nitrogen functional groups attached to an aromatic ring is 1. The number of aromatic nitrogens is 1. The summed E-state index contributed by atoms with van der Waals surface area (Å²) in [4.78, 5) is 3.86. The molecule has 0 bridgehead atoms. The van der Waals surface area contributed by atoms with Gasteiger partial charge in [0.2, 0.25) is 0 Å². The van der Waals surface area contributed by atoms with Crippen LogP contribution in [-0.2, 0) is 10.0 Å². The Morgan fingerprint density at radius 2 is 2.05 bits per heavy atom. The molecule has 2 rings (SSSR count). The van der Waals surface area contributed by atoms with Gasteiger partial charge in [-0.25, -0.2) is 19.2 Å². The first kappa shape index (κ1) is 15.4. The quantitative estimate of drug-likeness (QED) is 0.571. The van der Waals surface area contributed by atoms with E-state index in [9.17, 15) is 8.42 Å². The van der Waals surface area contributed by atoms with Crippen molar-refractivity contribution in [3.8, 4) is 5.75 Å². The van der Waals surface area contributed by atoms with Gasteiger partial charge in [-0.2, -0.15) is 0 Å². The van der Waals surface area contributed by atoms with Crippen molar-refractivity contribution >= 4 is 33.1 Å². The largest absolute Gasteiger partial charge is 0.495 e. The maximum atomic E-state index is 12.2. The van der Waals surface area contributed by atoms with Crippen molar-refractivity contribution in [2.75, 3.05) is 17.3 Å². The molecular weight excluding hydrogens is 316 g/mol. The molecule has 0 saturated heterocycles. The number of ether oxygens (including phenoxy) is 1. The number of hydrazine groups is 1. The summed E-state index contributed by atoms with van der Waals surface area (Å²) in [7, 11) is -2.28. The van der Waals surface area contributed by atoms with Crippen molar-refractivity contribution in [2.24, 2.45) is 5.84 Å². The molecule has 1 aromatic heterocycles. The van der Waals surface area contributed by atoms with Crippen LogP contribution in [0.2, 0.25) is 5.02 Å². The van der Waals surface area contributed by atoms with E-state index in [0.717, 1.165) is 0 Å². The van der Waals surface area contributed by atoms with E-state index in [2.05, 4.69) is 15.1 Å². The van der Waals surface area contributed by atoms with E-state index >= 15 is 0 Å². The summed E-state index contributed by atoms with van der Waals surface area (Å²) in [5, 5.41) is 0.304. The summed E-state index contributed by atoms with van der Waals surface area (Å²) in [5.41, 5.74) is 2.64. The summed E-state index contributed by atoms with van der Waals surface area (Å²) in [6.07, 6.45) is 1.20. The zero-order valence-corrected chi connectivity index (χ0v) is 12.6. The van der Waals surface area contributed by atoms with E-state index in [-0.39, 0.29) is 4.90 Å². The minimum Gasteiger partial charge on any atom is -0.495 e. The van der Waals surface area contributed by atoms with Gasteiger partial charge < -0.3 is 10.2 Å². The number of hydrogen-bond acceptors (Lipinski definition) is 6. The number of benzene rings is 1. The Bertz CT molecular complexity index is 735. The molecule has 0 unspecified atom stereocenters. The number of sulfonamides is 1. The predicted octanol–water partition coefficient (Wildman–Crippen LogP) is 1.83. The fourth-order valence-electron chi connectivity index (χ4n) is 1.57. The number of nitrogens with one attached hydrogen (secondary N) is 2. The van der Waals surface area contributed by atoms with Crippen LogP contribution in [0.3, 0.4) is 0 Å². The zero-order valence-electron chi connectivity index (χ0n) is 11.0. The van der Waals surface area contributed by atoms with Gasteiger partial charge in [-0.3, -0.25) is 4.72 Å². The smallest absolute Gasteiger partial charge is 0.263 e. The van der Waals surface area contributed by atoms with Crippen LogP contribution in [0, 0.1) is 0 Å². The van der Waals surface area contributed by atoms with Gasteiger partial charge in [0.25, 0.3) is 10.0 Å². The first-order valence-electron chi connectivity index (χ1n) is 5.75. The Kier molecular flexibility index (Phi) is 4.51. The molecule has 0 saturated carbocycles. The van der Waals surface area contributed by atoms with Gasteiger partial charge in [0.15, 0.2) is 0 Å². The molecule has 0 fully saturated rings. The molecule has 0 atom stereocenters. The predicted molar refractivity (Wildman–Crippen MR) is 80.9 cm³/mol. The van der Waals surface area contributed by atoms with Crippen molar-refractivity contribution in [1.82, 2.24) is 4.98 Å². The molecule has 1 heterocycles. The second kappa shape index (κ2) is 6.17. The second-order valence-corrected chi connectivity index (χ2v) is 6.07. The lowest BCUT2D eigenvalue weighted by atomic mass is 10.3. The molecule has 21 heavy (non-hydrogen) atoms. The molecule has 1 aromatic carbocycles. The lowest BCUT2D eigenvalue weighted by Gasteiger charge is -2.10. The van der Waals surface area contributed by atoms with E-state index < -0.39 is 10.0 Å². The molecule has 0 aliphatic rings. The third-order valence-corrected chi connectivity index (χ3v) is 4.26. The van der Waals surface area contributed by atoms with Crippen LogP contribution in [-0.4, -0.2) is 20.5 Å². The van der Waals surface area contributed by atoms with Gasteiger partial charge >= 0.3 is 0 Å². The molecular formula is C12H13ClN4O3S. The highest BCUT2D eigenvalue weighted by atomic mass is 35.5. The van der Waals surface area contributed by atoms with Crippen LogP contribution in [0.4, 0.5) is 11.5 Å². The molecule has 0 aliphatic carbocycles. The van der Waals surface area contributed by atoms with Crippen molar-refractivity contribution in [2.45, 2.75) is 4.90 Å². The standard InChI is InChI=1S/C12H13ClN4O3S/c1-20-11-4-2-8(6-10(11)13)17-21(18,19)9-3-5-12(16-14)15-7-9/h2-7,17H,14H2,1H3,(H,15,16). The fraction of sp³-hybridized carbons (Fsp3) is 0.0833. The van der Waals surface area contributed by atoms with Gasteiger partial charge in [-0.1, -0.05) is 11.6 Å². The van der Waals surface area contributed by atoms with Crippen molar-refractivity contribution in [3.05, 3.63) is 41.6 Å². The number of nitrogens with zero attached hydrogens (tertiary/aromatic N) is 1. The molecule has 0 aliphatic heterocycles. The van der Waals surface area contributed by atoms with E-state index in [4.69, 9.17) is 22.2 Å². The average molecular weight is 329 g/mol. The maximum absolute atomic E-state index is 12.2. The number of nitrogens with two attached hydrogens (primary N) is 1. The highest BCUT2D eigenvalue weighted by molar-refractivity contribution is 7.92. The van der Waals surface area contributed by atoms with E-state index in [1.807, 2.05) is 0 Å². The molecule has 0 spiro atoms. The SMILES string of the molecule is COc1ccc(NS(=O)(=O)c2ccc(NN)nc2)cc1Cl. The number of rotatable bonds is 5. The van der Waals surface area contributed by atoms with Gasteiger partial charge in [0.05, 0.1) is 17.8 Å². The second-order valence-electron chi connectivity index (χ2n) is 3.98. The lowest BCUT2D eigenvalue weighted by molar-refractivity contribution is 0.415. The molecule has 4 N–H and O–H groups in total. The van der Waals surface area contributed by atoms with Gasteiger partial charge in [0, 0.05) is 6.20 Å². The Labute approximate surface area is 127 Å². The Morgan fingerprint density at radius 3 is 2.57 bits per heavy atom. The van der Waals surface area contributed by atoms with E-state index in [0.29, 0.717) is 22.3 Å². The third-order valence-electron chi connectivity index (χ3n) is 2.60. The topological polar surface area (TPSA) is 106 Å². The Hall–Kier alpha value is -2.03. The van der Waals surface area contributed by atoms with Crippen LogP contribution in [0.15, 0.2) is 41.4 Å². The van der Waals surface area contributed by atoms with Crippen LogP contribution in [0.25, 0.3) is 0 Å². The Balaban J connectivity index is 2.26. The molecule has 9 heteroatoms. The van der Waals surface area contributed by atoms with Crippen LogP contribution < -0.4 is 20.7 Å². The summed E-state index contributed by atoms with van der Waals surface area (Å²) < 4.78 is 31.8. The molecule has 112 valence electrons. The number of halogens is 1. The number of anilines is 2. The van der Waals surface area contributed by atoms with E-state index in [1.54, 1.807) is 12.1 Å². The molecule has 2 aromatic rings. The average Bonchev–Trinajstić information content (AvgIpc) is 2.47. The minimum absolute atomic E-state index is 0.00782. The molecule has 7 nitrogen and oxygen atoms in total. The monoisotopic (exact) mass is 328 g/mol. The number of pyridine rings is 1. The molecule has 0 amide bonds. The first-order chi connectivity index (χ1) is 9.96. The maximum Gasteiger partial charge on any atom is 0.263 e. The summed E-state index contributed by atoms with van der Waals surface area (Å²) in [6, 6.07) is 7.41. The molecule has 0 radical (unpaired) electrons. The highest BCUT2D eigenvalue weighted by Crippen LogP contribution is 2.28. The van der Waals surface area contributed by atoms with Gasteiger partial charge in [-0.05, 0) is 30.3 Å². The highest BCUT2D eigenvalue weighted by Gasteiger charge is 2.15. The van der Waals surface area contributed by atoms with Gasteiger partial charge in [-0.15, -0.1) is 0 Å². The Morgan fingerprint density at radius 1 is 1.29 bits per heavy atom. The zero-order chi connectivity index (χ0) is 15.5. The van der Waals surface area contributed by atoms with Gasteiger partial charge in [0.1, 0.15) is 16.5 Å². The fourth-order valence-corrected chi connectivity index (χ4v) is 2.82. The summed E-state index contributed by atoms with van der Waals surface area (Å²) in [6.45, 7) is 0. The van der Waals surface area contributed by atoms with Crippen LogP contribution in [0.5, 0.6) is 5.75 Å². The summed E-state index contributed by atoms with van der Waals surface area (Å²) in [5.74, 6) is 5.99.